The molecule has 0 spiro atoms. The van der Waals surface area contributed by atoms with Crippen LogP contribution in [0.15, 0.2) is 0 Å². The molecule has 3 N–H and O–H groups in total. The van der Waals surface area contributed by atoms with E-state index in [4.69, 9.17) is 5.11 Å². The molecule has 3 amide bonds. The van der Waals surface area contributed by atoms with Crippen LogP contribution < -0.4 is 10.6 Å². The minimum absolute atomic E-state index is 0.00494. The summed E-state index contributed by atoms with van der Waals surface area (Å²) < 4.78 is 0. The molecule has 0 saturated carbocycles. The molecule has 21 heavy (non-hydrogen) atoms. The molecule has 2 aliphatic heterocycles. The van der Waals surface area contributed by atoms with Crippen molar-refractivity contribution in [1.29, 1.82) is 0 Å². The Morgan fingerprint density at radius 2 is 2.33 bits per heavy atom. The van der Waals surface area contributed by atoms with Crippen molar-refractivity contribution in [2.75, 3.05) is 25.1 Å². The summed E-state index contributed by atoms with van der Waals surface area (Å²) in [5.74, 6) is -0.510. The van der Waals surface area contributed by atoms with Crippen molar-refractivity contribution in [3.05, 3.63) is 0 Å². The molecule has 2 rings (SSSR count). The molecule has 2 saturated heterocycles. The zero-order valence-electron chi connectivity index (χ0n) is 12.0. The number of hydrogen-bond acceptors (Lipinski definition) is 4. The van der Waals surface area contributed by atoms with Crippen LogP contribution in [0.1, 0.15) is 19.3 Å². The summed E-state index contributed by atoms with van der Waals surface area (Å²) in [4.78, 5) is 36.8. The summed E-state index contributed by atoms with van der Waals surface area (Å²) in [7, 11) is 0. The number of likely N-dealkylation sites (tertiary alicyclic amines) is 1. The van der Waals surface area contributed by atoms with E-state index in [1.165, 1.54) is 0 Å². The lowest BCUT2D eigenvalue weighted by atomic mass is 9.92. The Kier molecular flexibility index (Phi) is 5.33. The number of carbonyl (C=O) groups is 3. The van der Waals surface area contributed by atoms with Gasteiger partial charge in [0.2, 0.25) is 5.91 Å². The number of urea groups is 1. The van der Waals surface area contributed by atoms with Crippen LogP contribution in [0.5, 0.6) is 0 Å². The van der Waals surface area contributed by atoms with Gasteiger partial charge in [0.1, 0.15) is 6.04 Å². The van der Waals surface area contributed by atoms with E-state index >= 15 is 0 Å². The van der Waals surface area contributed by atoms with Crippen molar-refractivity contribution < 1.29 is 19.5 Å². The molecule has 0 aromatic rings. The molecule has 2 aliphatic rings. The van der Waals surface area contributed by atoms with Gasteiger partial charge in [0.25, 0.3) is 0 Å². The predicted octanol–water partition coefficient (Wildman–Crippen LogP) is 0.113. The number of piperidine rings is 1. The Bertz CT molecular complexity index is 432. The molecular weight excluding hydrogens is 294 g/mol. The highest BCUT2D eigenvalue weighted by Crippen LogP contribution is 2.27. The average Bonchev–Trinajstić information content (AvgIpc) is 2.84. The van der Waals surface area contributed by atoms with Crippen LogP contribution in [0, 0.1) is 5.92 Å². The fourth-order valence-corrected chi connectivity index (χ4v) is 3.40. The summed E-state index contributed by atoms with van der Waals surface area (Å²) in [5, 5.41) is 14.5. The number of aliphatic carboxylic acids is 1. The molecule has 0 radical (unpaired) electrons. The molecule has 0 aromatic heterocycles. The zero-order valence-corrected chi connectivity index (χ0v) is 12.8. The second kappa shape index (κ2) is 7.02. The first-order valence-electron chi connectivity index (χ1n) is 7.11. The minimum Gasteiger partial charge on any atom is -0.480 e. The fraction of sp³-hybridized carbons (Fsp3) is 0.769. The van der Waals surface area contributed by atoms with Gasteiger partial charge in [-0.2, -0.15) is 11.8 Å². The number of nitrogens with zero attached hydrogens (tertiary/aromatic N) is 1. The lowest BCUT2D eigenvalue weighted by molar-refractivity contribution is -0.139. The van der Waals surface area contributed by atoms with Gasteiger partial charge in [0, 0.05) is 13.1 Å². The van der Waals surface area contributed by atoms with Gasteiger partial charge in [-0.25, -0.2) is 9.59 Å². The quantitative estimate of drug-likeness (QED) is 0.669. The lowest BCUT2D eigenvalue weighted by Crippen LogP contribution is -2.55. The van der Waals surface area contributed by atoms with E-state index in [1.54, 1.807) is 16.7 Å². The maximum atomic E-state index is 12.3. The minimum atomic E-state index is -1.02. The number of carboxylic acids is 1. The second-order valence-electron chi connectivity index (χ2n) is 5.38. The molecule has 2 heterocycles. The van der Waals surface area contributed by atoms with Crippen LogP contribution in [-0.2, 0) is 9.59 Å². The standard InChI is InChI=1S/C13H21N3O4S/c1-21-6-4-9(12(18)19)15-13(20)16-5-2-3-8-10(16)7-14-11(8)17/h8-10H,2-7H2,1H3,(H,14,17)(H,15,20)(H,18,19)/t8?,9-,10?/m1/s1. The maximum absolute atomic E-state index is 12.3. The first kappa shape index (κ1) is 15.9. The summed E-state index contributed by atoms with van der Waals surface area (Å²) in [5.41, 5.74) is 0. The first-order chi connectivity index (χ1) is 10.0. The third-order valence-corrected chi connectivity index (χ3v) is 4.71. The SMILES string of the molecule is CSCC[C@@H](NC(=O)N1CCCC2C(=O)NCC21)C(=O)O. The van der Waals surface area contributed by atoms with E-state index < -0.39 is 12.0 Å². The first-order valence-corrected chi connectivity index (χ1v) is 8.50. The second-order valence-corrected chi connectivity index (χ2v) is 6.36. The fourth-order valence-electron chi connectivity index (χ4n) is 2.93. The normalized spacial score (nSPS) is 26.0. The largest absolute Gasteiger partial charge is 0.480 e. The number of amides is 3. The van der Waals surface area contributed by atoms with E-state index in [-0.39, 0.29) is 23.9 Å². The molecular formula is C13H21N3O4S. The van der Waals surface area contributed by atoms with E-state index in [0.717, 1.165) is 12.8 Å². The monoisotopic (exact) mass is 315 g/mol. The third-order valence-electron chi connectivity index (χ3n) is 4.07. The smallest absolute Gasteiger partial charge is 0.326 e. The van der Waals surface area contributed by atoms with Gasteiger partial charge >= 0.3 is 12.0 Å². The number of thioether (sulfide) groups is 1. The molecule has 0 aromatic carbocycles. The van der Waals surface area contributed by atoms with Gasteiger partial charge in [-0.3, -0.25) is 4.79 Å². The molecule has 7 nitrogen and oxygen atoms in total. The van der Waals surface area contributed by atoms with Gasteiger partial charge < -0.3 is 20.6 Å². The molecule has 0 bridgehead atoms. The van der Waals surface area contributed by atoms with Gasteiger partial charge in [-0.05, 0) is 31.3 Å². The highest BCUT2D eigenvalue weighted by molar-refractivity contribution is 7.98. The predicted molar refractivity (Wildman–Crippen MR) is 79.2 cm³/mol. The topological polar surface area (TPSA) is 98.7 Å². The van der Waals surface area contributed by atoms with Gasteiger partial charge in [0.05, 0.1) is 12.0 Å². The number of fused-ring (bicyclic) bond motifs is 1. The van der Waals surface area contributed by atoms with Crippen molar-refractivity contribution >= 4 is 29.7 Å². The van der Waals surface area contributed by atoms with E-state index in [0.29, 0.717) is 25.3 Å². The zero-order chi connectivity index (χ0) is 15.4. The van der Waals surface area contributed by atoms with Crippen LogP contribution in [0.4, 0.5) is 4.79 Å². The molecule has 2 fully saturated rings. The summed E-state index contributed by atoms with van der Waals surface area (Å²) in [6, 6.07) is -1.41. The summed E-state index contributed by atoms with van der Waals surface area (Å²) in [6.07, 6.45) is 3.84. The van der Waals surface area contributed by atoms with Crippen LogP contribution in [0.3, 0.4) is 0 Å². The molecule has 0 aliphatic carbocycles. The van der Waals surface area contributed by atoms with E-state index in [9.17, 15) is 14.4 Å². The number of hydrogen-bond donors (Lipinski definition) is 3. The highest BCUT2D eigenvalue weighted by atomic mass is 32.2. The maximum Gasteiger partial charge on any atom is 0.326 e. The van der Waals surface area contributed by atoms with Crippen molar-refractivity contribution in [2.45, 2.75) is 31.3 Å². The van der Waals surface area contributed by atoms with Crippen molar-refractivity contribution in [2.24, 2.45) is 5.92 Å². The molecule has 8 heteroatoms. The van der Waals surface area contributed by atoms with Crippen molar-refractivity contribution in [3.63, 3.8) is 0 Å². The van der Waals surface area contributed by atoms with Crippen molar-refractivity contribution in [1.82, 2.24) is 15.5 Å². The number of nitrogens with one attached hydrogen (secondary N) is 2. The Balaban J connectivity index is 1.98. The Morgan fingerprint density at radius 1 is 1.57 bits per heavy atom. The lowest BCUT2D eigenvalue weighted by Gasteiger charge is -2.36. The van der Waals surface area contributed by atoms with Crippen LogP contribution >= 0.6 is 11.8 Å². The number of carbonyl (C=O) groups excluding carboxylic acids is 2. The highest BCUT2D eigenvalue weighted by Gasteiger charge is 2.43. The number of rotatable bonds is 5. The van der Waals surface area contributed by atoms with Crippen molar-refractivity contribution in [3.8, 4) is 0 Å². The van der Waals surface area contributed by atoms with E-state index in [1.807, 2.05) is 6.26 Å². The Hall–Kier alpha value is -1.44. The van der Waals surface area contributed by atoms with Crippen LogP contribution in [-0.4, -0.2) is 65.1 Å². The Morgan fingerprint density at radius 3 is 3.00 bits per heavy atom. The Labute approximate surface area is 127 Å². The summed E-state index contributed by atoms with van der Waals surface area (Å²) in [6.45, 7) is 1.02. The molecule has 118 valence electrons. The van der Waals surface area contributed by atoms with Crippen LogP contribution in [0.2, 0.25) is 0 Å². The average molecular weight is 315 g/mol. The van der Waals surface area contributed by atoms with Gasteiger partial charge in [0.15, 0.2) is 0 Å². The number of carboxylic acid groups (broad SMARTS) is 1. The van der Waals surface area contributed by atoms with E-state index in [2.05, 4.69) is 10.6 Å². The summed E-state index contributed by atoms with van der Waals surface area (Å²) >= 11 is 1.54. The third kappa shape index (κ3) is 3.61. The molecule has 3 atom stereocenters. The molecule has 2 unspecified atom stereocenters. The van der Waals surface area contributed by atoms with Gasteiger partial charge in [-0.1, -0.05) is 0 Å². The van der Waals surface area contributed by atoms with Gasteiger partial charge in [-0.15, -0.1) is 0 Å². The van der Waals surface area contributed by atoms with Crippen LogP contribution in [0.25, 0.3) is 0 Å².